The van der Waals surface area contributed by atoms with Crippen LogP contribution in [0.15, 0.2) is 17.5 Å². The summed E-state index contributed by atoms with van der Waals surface area (Å²) < 4.78 is 0. The average Bonchev–Trinajstić information content (AvgIpc) is 2.83. The Morgan fingerprint density at radius 2 is 2.19 bits per heavy atom. The van der Waals surface area contributed by atoms with Crippen molar-refractivity contribution in [3.8, 4) is 10.6 Å². The molecule has 0 unspecified atom stereocenters. The molecule has 2 nitrogen and oxygen atoms in total. The Morgan fingerprint density at radius 3 is 2.81 bits per heavy atom. The lowest BCUT2D eigenvalue weighted by molar-refractivity contribution is 0.788. The van der Waals surface area contributed by atoms with Crippen molar-refractivity contribution in [2.75, 3.05) is 13.6 Å². The monoisotopic (exact) mass is 274 g/mol. The summed E-state index contributed by atoms with van der Waals surface area (Å²) in [5.41, 5.74) is 1.13. The Hall–Kier alpha value is -0.420. The van der Waals surface area contributed by atoms with Crippen LogP contribution in [0.5, 0.6) is 0 Å². The van der Waals surface area contributed by atoms with E-state index in [9.17, 15) is 0 Å². The number of nitrogens with zero attached hydrogens (tertiary/aromatic N) is 1. The van der Waals surface area contributed by atoms with Crippen LogP contribution in [-0.2, 0) is 6.42 Å². The molecule has 0 fully saturated rings. The smallest absolute Gasteiger partial charge is 0.0945 e. The second kappa shape index (κ2) is 6.35. The van der Waals surface area contributed by atoms with Gasteiger partial charge < -0.3 is 5.32 Å². The minimum Gasteiger partial charge on any atom is -0.319 e. The number of rotatable bonds is 4. The Labute approximate surface area is 110 Å². The van der Waals surface area contributed by atoms with Gasteiger partial charge in [-0.25, -0.2) is 4.98 Å². The molecule has 2 aromatic rings. The van der Waals surface area contributed by atoms with Crippen LogP contribution in [0.25, 0.3) is 10.6 Å². The number of aryl methyl sites for hydroxylation is 1. The highest BCUT2D eigenvalue weighted by Gasteiger charge is 2.05. The van der Waals surface area contributed by atoms with Crippen LogP contribution >= 0.6 is 35.1 Å². The number of thiophene rings is 1. The van der Waals surface area contributed by atoms with Gasteiger partial charge in [0.15, 0.2) is 0 Å². The van der Waals surface area contributed by atoms with Crippen molar-refractivity contribution in [2.45, 2.75) is 13.3 Å². The lowest BCUT2D eigenvalue weighted by Crippen LogP contribution is -2.09. The highest BCUT2D eigenvalue weighted by Crippen LogP contribution is 2.28. The van der Waals surface area contributed by atoms with Gasteiger partial charge in [-0.15, -0.1) is 35.1 Å². The van der Waals surface area contributed by atoms with E-state index in [1.165, 1.54) is 14.8 Å². The molecule has 2 heterocycles. The third kappa shape index (κ3) is 3.28. The molecule has 0 aliphatic rings. The molecule has 0 aromatic carbocycles. The summed E-state index contributed by atoms with van der Waals surface area (Å²) in [5, 5.41) is 6.50. The summed E-state index contributed by atoms with van der Waals surface area (Å²) in [7, 11) is 1.97. The van der Waals surface area contributed by atoms with Gasteiger partial charge in [-0.3, -0.25) is 0 Å². The Bertz CT molecular complexity index is 437. The molecule has 0 atom stereocenters. The highest BCUT2D eigenvalue weighted by atomic mass is 35.5. The quantitative estimate of drug-likeness (QED) is 0.925. The zero-order valence-corrected chi connectivity index (χ0v) is 11.8. The number of likely N-dealkylation sites (N-methyl/N-ethyl adjacent to an activating group) is 1. The molecule has 16 heavy (non-hydrogen) atoms. The zero-order valence-electron chi connectivity index (χ0n) is 9.32. The van der Waals surface area contributed by atoms with Gasteiger partial charge in [0.05, 0.1) is 15.6 Å². The van der Waals surface area contributed by atoms with E-state index >= 15 is 0 Å². The summed E-state index contributed by atoms with van der Waals surface area (Å²) in [6, 6.07) is 4.30. The fraction of sp³-hybridized carbons (Fsp3) is 0.364. The van der Waals surface area contributed by atoms with Gasteiger partial charge in [0.1, 0.15) is 0 Å². The van der Waals surface area contributed by atoms with E-state index in [0.717, 1.165) is 18.7 Å². The van der Waals surface area contributed by atoms with Crippen LogP contribution in [0.2, 0.25) is 0 Å². The topological polar surface area (TPSA) is 24.9 Å². The van der Waals surface area contributed by atoms with Crippen molar-refractivity contribution in [3.63, 3.8) is 0 Å². The van der Waals surface area contributed by atoms with Gasteiger partial charge in [-0.05, 0) is 26.1 Å². The van der Waals surface area contributed by atoms with Crippen LogP contribution < -0.4 is 5.32 Å². The molecule has 88 valence electrons. The average molecular weight is 275 g/mol. The molecule has 2 aromatic heterocycles. The molecule has 0 aliphatic heterocycles. The minimum atomic E-state index is 0. The summed E-state index contributed by atoms with van der Waals surface area (Å²) in [6.45, 7) is 3.12. The molecule has 2 rings (SSSR count). The highest BCUT2D eigenvalue weighted by molar-refractivity contribution is 7.16. The predicted octanol–water partition coefficient (Wildman–Crippen LogP) is 3.36. The standard InChI is InChI=1S/C11H14N2S2.ClH/c1-8-3-4-10(15-8)9-7-14-11(13-9)5-6-12-2;/h3-4,7,12H,5-6H2,1-2H3;1H. The summed E-state index contributed by atoms with van der Waals surface area (Å²) in [4.78, 5) is 7.24. The minimum absolute atomic E-state index is 0. The van der Waals surface area contributed by atoms with E-state index in [-0.39, 0.29) is 12.4 Å². The Kier molecular flexibility index (Phi) is 5.41. The van der Waals surface area contributed by atoms with Gasteiger partial charge in [0, 0.05) is 23.2 Å². The van der Waals surface area contributed by atoms with Crippen LogP contribution in [0, 0.1) is 6.92 Å². The third-order valence-electron chi connectivity index (χ3n) is 2.13. The molecule has 0 bridgehead atoms. The first kappa shape index (κ1) is 13.6. The molecule has 5 heteroatoms. The Balaban J connectivity index is 0.00000128. The summed E-state index contributed by atoms with van der Waals surface area (Å²) >= 11 is 3.56. The summed E-state index contributed by atoms with van der Waals surface area (Å²) in [5.74, 6) is 0. The molecule has 0 saturated carbocycles. The van der Waals surface area contributed by atoms with Gasteiger partial charge in [0.2, 0.25) is 0 Å². The number of hydrogen-bond acceptors (Lipinski definition) is 4. The van der Waals surface area contributed by atoms with Crippen LogP contribution in [0.4, 0.5) is 0 Å². The SMILES string of the molecule is CNCCc1nc(-c2ccc(C)s2)cs1.Cl. The van der Waals surface area contributed by atoms with E-state index in [2.05, 4.69) is 34.7 Å². The Morgan fingerprint density at radius 1 is 1.38 bits per heavy atom. The zero-order chi connectivity index (χ0) is 10.7. The second-order valence-corrected chi connectivity index (χ2v) is 5.62. The maximum absolute atomic E-state index is 4.62. The molecule has 1 N–H and O–H groups in total. The normalized spacial score (nSPS) is 10.1. The van der Waals surface area contributed by atoms with Crippen LogP contribution in [0.1, 0.15) is 9.88 Å². The number of nitrogens with one attached hydrogen (secondary N) is 1. The molecular weight excluding hydrogens is 260 g/mol. The summed E-state index contributed by atoms with van der Waals surface area (Å²) in [6.07, 6.45) is 1.02. The van der Waals surface area contributed by atoms with Crippen molar-refractivity contribution in [2.24, 2.45) is 0 Å². The van der Waals surface area contributed by atoms with Crippen molar-refractivity contribution >= 4 is 35.1 Å². The maximum Gasteiger partial charge on any atom is 0.0945 e. The fourth-order valence-corrected chi connectivity index (χ4v) is 3.04. The van der Waals surface area contributed by atoms with E-state index in [4.69, 9.17) is 0 Å². The van der Waals surface area contributed by atoms with Gasteiger partial charge >= 0.3 is 0 Å². The number of hydrogen-bond donors (Lipinski definition) is 1. The number of aromatic nitrogens is 1. The molecule has 0 saturated heterocycles. The molecular formula is C11H15ClN2S2. The molecule has 0 aliphatic carbocycles. The number of thiazole rings is 1. The molecule has 0 amide bonds. The first-order valence-electron chi connectivity index (χ1n) is 4.95. The van der Waals surface area contributed by atoms with E-state index in [0.29, 0.717) is 0 Å². The van der Waals surface area contributed by atoms with Crippen molar-refractivity contribution in [3.05, 3.63) is 27.4 Å². The number of halogens is 1. The third-order valence-corrected chi connectivity index (χ3v) is 4.07. The van der Waals surface area contributed by atoms with Crippen LogP contribution in [-0.4, -0.2) is 18.6 Å². The first-order chi connectivity index (χ1) is 7.29. The first-order valence-corrected chi connectivity index (χ1v) is 6.65. The van der Waals surface area contributed by atoms with E-state index in [1.807, 2.05) is 7.05 Å². The largest absolute Gasteiger partial charge is 0.319 e. The second-order valence-electron chi connectivity index (χ2n) is 3.39. The van der Waals surface area contributed by atoms with Crippen molar-refractivity contribution in [1.82, 2.24) is 10.3 Å². The van der Waals surface area contributed by atoms with Crippen molar-refractivity contribution in [1.29, 1.82) is 0 Å². The lowest BCUT2D eigenvalue weighted by Gasteiger charge is -1.93. The van der Waals surface area contributed by atoms with Crippen molar-refractivity contribution < 1.29 is 0 Å². The van der Waals surface area contributed by atoms with E-state index in [1.54, 1.807) is 22.7 Å². The van der Waals surface area contributed by atoms with Gasteiger partial charge in [-0.2, -0.15) is 0 Å². The van der Waals surface area contributed by atoms with Crippen LogP contribution in [0.3, 0.4) is 0 Å². The lowest BCUT2D eigenvalue weighted by atomic mass is 10.3. The van der Waals surface area contributed by atoms with Gasteiger partial charge in [0.25, 0.3) is 0 Å². The predicted molar refractivity (Wildman–Crippen MR) is 75.0 cm³/mol. The molecule has 0 radical (unpaired) electrons. The van der Waals surface area contributed by atoms with Gasteiger partial charge in [-0.1, -0.05) is 0 Å². The molecule has 0 spiro atoms. The maximum atomic E-state index is 4.62. The van der Waals surface area contributed by atoms with E-state index < -0.39 is 0 Å². The fourth-order valence-electron chi connectivity index (χ4n) is 1.34.